The maximum Gasteiger partial charge on any atom is 0.221 e. The van der Waals surface area contributed by atoms with Crippen LogP contribution < -0.4 is 5.32 Å². The van der Waals surface area contributed by atoms with Gasteiger partial charge in [0.25, 0.3) is 0 Å². The molecule has 1 aromatic heterocycles. The molecule has 1 unspecified atom stereocenters. The summed E-state index contributed by atoms with van der Waals surface area (Å²) in [6.07, 6.45) is 3.89. The minimum absolute atomic E-state index is 0.00117. The summed E-state index contributed by atoms with van der Waals surface area (Å²) in [4.78, 5) is 17.3. The van der Waals surface area contributed by atoms with Crippen LogP contribution in [0.5, 0.6) is 0 Å². The van der Waals surface area contributed by atoms with Gasteiger partial charge in [-0.15, -0.1) is 0 Å². The molecule has 3 aromatic carbocycles. The molecule has 0 saturated carbocycles. The molecule has 0 spiro atoms. The molecule has 0 saturated heterocycles. The Balaban J connectivity index is 1.60. The Labute approximate surface area is 177 Å². The van der Waals surface area contributed by atoms with Crippen molar-refractivity contribution in [2.45, 2.75) is 18.4 Å². The van der Waals surface area contributed by atoms with Crippen LogP contribution in [0.25, 0.3) is 0 Å². The predicted molar refractivity (Wildman–Crippen MR) is 120 cm³/mol. The van der Waals surface area contributed by atoms with Gasteiger partial charge in [0.1, 0.15) is 0 Å². The summed E-state index contributed by atoms with van der Waals surface area (Å²) >= 11 is 0. The van der Waals surface area contributed by atoms with Gasteiger partial charge in [-0.3, -0.25) is 9.78 Å². The standard InChI is InChI=1S/C27H24N2O/c30-26(20-25(21-10-4-1-5-11-21)22-12-6-2-7-13-22)29-27(23-14-8-3-9-15-23)24-16-18-28-19-17-24/h1-19,25,27H,20H2,(H,29,30). The van der Waals surface area contributed by atoms with E-state index in [1.165, 1.54) is 0 Å². The fraction of sp³-hybridized carbons (Fsp3) is 0.111. The van der Waals surface area contributed by atoms with Crippen molar-refractivity contribution in [3.05, 3.63) is 138 Å². The Bertz CT molecular complexity index is 885. The van der Waals surface area contributed by atoms with Gasteiger partial charge >= 0.3 is 0 Å². The Kier molecular flexibility index (Phi) is 6.31. The molecule has 1 heterocycles. The van der Waals surface area contributed by atoms with Crippen LogP contribution in [0.15, 0.2) is 116 Å². The monoisotopic (exact) mass is 392 g/mol. The summed E-state index contributed by atoms with van der Waals surface area (Å²) in [6.45, 7) is 0. The fourth-order valence-corrected chi connectivity index (χ4v) is 3.76. The van der Waals surface area contributed by atoms with E-state index in [1.807, 2.05) is 78.9 Å². The van der Waals surface area contributed by atoms with Crippen molar-refractivity contribution in [3.8, 4) is 0 Å². The SMILES string of the molecule is O=C(CC(c1ccccc1)c1ccccc1)NC(c1ccccc1)c1ccncc1. The lowest BCUT2D eigenvalue weighted by Crippen LogP contribution is -2.30. The van der Waals surface area contributed by atoms with Crippen LogP contribution >= 0.6 is 0 Å². The largest absolute Gasteiger partial charge is 0.345 e. The predicted octanol–water partition coefficient (Wildman–Crippen LogP) is 5.51. The van der Waals surface area contributed by atoms with Crippen molar-refractivity contribution in [2.75, 3.05) is 0 Å². The molecule has 148 valence electrons. The third-order valence-electron chi connectivity index (χ3n) is 5.27. The van der Waals surface area contributed by atoms with Crippen molar-refractivity contribution >= 4 is 5.91 Å². The quantitative estimate of drug-likeness (QED) is 0.451. The molecule has 0 aliphatic rings. The number of hydrogen-bond acceptors (Lipinski definition) is 2. The molecule has 3 heteroatoms. The van der Waals surface area contributed by atoms with E-state index in [-0.39, 0.29) is 17.9 Å². The molecule has 0 fully saturated rings. The first-order valence-electron chi connectivity index (χ1n) is 10.2. The molecule has 1 atom stereocenters. The summed E-state index contributed by atoms with van der Waals surface area (Å²) in [5, 5.41) is 3.25. The number of nitrogens with one attached hydrogen (secondary N) is 1. The molecule has 4 rings (SSSR count). The molecule has 0 radical (unpaired) electrons. The third-order valence-corrected chi connectivity index (χ3v) is 5.27. The van der Waals surface area contributed by atoms with Gasteiger partial charge in [-0.25, -0.2) is 0 Å². The lowest BCUT2D eigenvalue weighted by molar-refractivity contribution is -0.121. The van der Waals surface area contributed by atoms with Crippen LogP contribution in [-0.4, -0.2) is 10.9 Å². The number of rotatable bonds is 7. The van der Waals surface area contributed by atoms with Crippen LogP contribution in [0.3, 0.4) is 0 Å². The molecular formula is C27H24N2O. The van der Waals surface area contributed by atoms with Gasteiger partial charge in [-0.05, 0) is 34.4 Å². The minimum Gasteiger partial charge on any atom is -0.345 e. The van der Waals surface area contributed by atoms with Gasteiger partial charge in [0, 0.05) is 24.7 Å². The second-order valence-corrected chi connectivity index (χ2v) is 7.27. The average Bonchev–Trinajstić information content (AvgIpc) is 2.83. The maximum absolute atomic E-state index is 13.2. The van der Waals surface area contributed by atoms with Gasteiger partial charge in [-0.1, -0.05) is 91.0 Å². The molecule has 0 aliphatic carbocycles. The van der Waals surface area contributed by atoms with Gasteiger partial charge in [-0.2, -0.15) is 0 Å². The zero-order valence-corrected chi connectivity index (χ0v) is 16.7. The van der Waals surface area contributed by atoms with Crippen LogP contribution in [0.2, 0.25) is 0 Å². The number of hydrogen-bond donors (Lipinski definition) is 1. The average molecular weight is 393 g/mol. The Hall–Kier alpha value is -3.72. The number of amides is 1. The van der Waals surface area contributed by atoms with E-state index in [0.717, 1.165) is 22.3 Å². The highest BCUT2D eigenvalue weighted by Crippen LogP contribution is 2.29. The van der Waals surface area contributed by atoms with Crippen molar-refractivity contribution in [1.29, 1.82) is 0 Å². The second kappa shape index (κ2) is 9.66. The second-order valence-electron chi connectivity index (χ2n) is 7.27. The highest BCUT2D eigenvalue weighted by Gasteiger charge is 2.22. The van der Waals surface area contributed by atoms with Crippen LogP contribution in [0, 0.1) is 0 Å². The van der Waals surface area contributed by atoms with Crippen molar-refractivity contribution in [1.82, 2.24) is 10.3 Å². The van der Waals surface area contributed by atoms with E-state index in [4.69, 9.17) is 0 Å². The molecule has 3 nitrogen and oxygen atoms in total. The Morgan fingerprint density at radius 1 is 0.633 bits per heavy atom. The van der Waals surface area contributed by atoms with Gasteiger partial charge in [0.2, 0.25) is 5.91 Å². The molecule has 0 aliphatic heterocycles. The number of nitrogens with zero attached hydrogens (tertiary/aromatic N) is 1. The van der Waals surface area contributed by atoms with Crippen LogP contribution in [-0.2, 0) is 4.79 Å². The summed E-state index contributed by atoms with van der Waals surface area (Å²) in [7, 11) is 0. The Morgan fingerprint density at radius 2 is 1.07 bits per heavy atom. The van der Waals surface area contributed by atoms with E-state index in [2.05, 4.69) is 34.6 Å². The third kappa shape index (κ3) is 4.81. The lowest BCUT2D eigenvalue weighted by Gasteiger charge is -2.23. The van der Waals surface area contributed by atoms with E-state index >= 15 is 0 Å². The van der Waals surface area contributed by atoms with Crippen LogP contribution in [0.1, 0.15) is 40.6 Å². The molecule has 4 aromatic rings. The number of carbonyl (C=O) groups is 1. The molecule has 0 bridgehead atoms. The topological polar surface area (TPSA) is 42.0 Å². The summed E-state index contributed by atoms with van der Waals surface area (Å²) in [6, 6.07) is 34.2. The van der Waals surface area contributed by atoms with E-state index in [1.54, 1.807) is 12.4 Å². The number of carbonyl (C=O) groups excluding carboxylic acids is 1. The normalized spacial score (nSPS) is 11.8. The lowest BCUT2D eigenvalue weighted by atomic mass is 9.88. The first-order chi connectivity index (χ1) is 14.8. The minimum atomic E-state index is -0.214. The van der Waals surface area contributed by atoms with Gasteiger partial charge < -0.3 is 5.32 Å². The van der Waals surface area contributed by atoms with Crippen molar-refractivity contribution in [2.24, 2.45) is 0 Å². The zero-order valence-electron chi connectivity index (χ0n) is 16.7. The van der Waals surface area contributed by atoms with Gasteiger partial charge in [0.05, 0.1) is 6.04 Å². The number of pyridine rings is 1. The number of aromatic nitrogens is 1. The smallest absolute Gasteiger partial charge is 0.221 e. The highest BCUT2D eigenvalue weighted by atomic mass is 16.1. The van der Waals surface area contributed by atoms with Crippen molar-refractivity contribution < 1.29 is 4.79 Å². The highest BCUT2D eigenvalue weighted by molar-refractivity contribution is 5.78. The first kappa shape index (κ1) is 19.6. The first-order valence-corrected chi connectivity index (χ1v) is 10.2. The van der Waals surface area contributed by atoms with Crippen LogP contribution in [0.4, 0.5) is 0 Å². The summed E-state index contributed by atoms with van der Waals surface area (Å²) in [5.74, 6) is 0.0136. The summed E-state index contributed by atoms with van der Waals surface area (Å²) in [5.41, 5.74) is 4.34. The molecular weight excluding hydrogens is 368 g/mol. The molecule has 1 amide bonds. The maximum atomic E-state index is 13.2. The molecule has 1 N–H and O–H groups in total. The zero-order chi connectivity index (χ0) is 20.6. The number of benzene rings is 3. The van der Waals surface area contributed by atoms with Gasteiger partial charge in [0.15, 0.2) is 0 Å². The van der Waals surface area contributed by atoms with E-state index < -0.39 is 0 Å². The van der Waals surface area contributed by atoms with E-state index in [9.17, 15) is 4.79 Å². The Morgan fingerprint density at radius 3 is 1.57 bits per heavy atom. The molecule has 30 heavy (non-hydrogen) atoms. The summed E-state index contributed by atoms with van der Waals surface area (Å²) < 4.78 is 0. The van der Waals surface area contributed by atoms with Crippen molar-refractivity contribution in [3.63, 3.8) is 0 Å². The fourth-order valence-electron chi connectivity index (χ4n) is 3.76. The van der Waals surface area contributed by atoms with E-state index in [0.29, 0.717) is 6.42 Å².